The molecule has 11 rings (SSSR count). The fourth-order valence-electron chi connectivity index (χ4n) is 13.4. The molecule has 0 amide bonds. The number of nitrogens with zero attached hydrogens (tertiary/aromatic N) is 2. The Bertz CT molecular complexity index is 4210. The van der Waals surface area contributed by atoms with Crippen LogP contribution in [0.5, 0.6) is 51.7 Å². The Balaban J connectivity index is 0.699. The van der Waals surface area contributed by atoms with Crippen LogP contribution in [0.3, 0.4) is 0 Å². The number of aromatic nitrogens is 2. The third kappa shape index (κ3) is 20.9. The van der Waals surface area contributed by atoms with Crippen molar-refractivity contribution >= 4 is 79.4 Å². The van der Waals surface area contributed by atoms with E-state index in [9.17, 15) is 28.8 Å². The number of benzene rings is 7. The zero-order chi connectivity index (χ0) is 71.0. The zero-order valence-electron chi connectivity index (χ0n) is 57.9. The summed E-state index contributed by atoms with van der Waals surface area (Å²) in [7, 11) is 0. The first-order chi connectivity index (χ1) is 49.8. The van der Waals surface area contributed by atoms with E-state index in [2.05, 4.69) is 44.0 Å². The number of carbonyl (C=O) groups excluding carboxylic acids is 6. The van der Waals surface area contributed by atoms with Gasteiger partial charge in [0.05, 0.1) is 86.1 Å². The largest absolute Gasteiger partial charge is 0.494 e. The molecule has 0 aliphatic heterocycles. The van der Waals surface area contributed by atoms with Gasteiger partial charge in [-0.1, -0.05) is 19.7 Å². The van der Waals surface area contributed by atoms with Crippen molar-refractivity contribution in [3.05, 3.63) is 165 Å². The number of hydrogen-bond acceptors (Lipinski definition) is 19. The molecule has 19 heteroatoms. The molecule has 0 N–H and O–H groups in total. The van der Waals surface area contributed by atoms with Gasteiger partial charge in [-0.3, -0.25) is 14.4 Å². The molecule has 3 fully saturated rings. The Kier molecular flexibility index (Phi) is 26.4. The molecule has 0 saturated heterocycles. The summed E-state index contributed by atoms with van der Waals surface area (Å²) in [6.45, 7) is 13.6. The van der Waals surface area contributed by atoms with Crippen LogP contribution in [0.1, 0.15) is 128 Å². The van der Waals surface area contributed by atoms with Crippen LogP contribution in [0.4, 0.5) is 0 Å². The van der Waals surface area contributed by atoms with Gasteiger partial charge >= 0.3 is 35.8 Å². The minimum atomic E-state index is -0.570. The highest BCUT2D eigenvalue weighted by Gasteiger charge is 2.32. The molecule has 0 bridgehead atoms. The fourth-order valence-corrected chi connectivity index (χ4v) is 13.4. The molecule has 0 spiro atoms. The van der Waals surface area contributed by atoms with Crippen molar-refractivity contribution in [2.45, 2.75) is 128 Å². The third-order valence-corrected chi connectivity index (χ3v) is 19.4. The predicted octanol–water partition coefficient (Wildman–Crippen LogP) is 16.9. The number of hydrogen-bond donors (Lipinski definition) is 0. The Hall–Kier alpha value is -10.3. The predicted molar refractivity (Wildman–Crippen MR) is 387 cm³/mol. The Morgan fingerprint density at radius 1 is 0.314 bits per heavy atom. The molecule has 3 saturated carbocycles. The Morgan fingerprint density at radius 2 is 0.627 bits per heavy atom. The summed E-state index contributed by atoms with van der Waals surface area (Å²) in [5.41, 5.74) is 2.80. The van der Waals surface area contributed by atoms with Crippen LogP contribution in [-0.2, 0) is 38.2 Å². The summed E-state index contributed by atoms with van der Waals surface area (Å²) in [6, 6.07) is 38.8. The minimum Gasteiger partial charge on any atom is -0.494 e. The summed E-state index contributed by atoms with van der Waals surface area (Å²) in [6.07, 6.45) is 19.5. The molecular formula is C83H90N2O17. The molecule has 7 aromatic carbocycles. The highest BCUT2D eigenvalue weighted by molar-refractivity contribution is 6.24. The lowest BCUT2D eigenvalue weighted by Crippen LogP contribution is -2.27. The quantitative estimate of drug-likeness (QED) is 0.00897. The second-order valence-corrected chi connectivity index (χ2v) is 26.6. The van der Waals surface area contributed by atoms with Crippen molar-refractivity contribution in [3.8, 4) is 51.7 Å². The van der Waals surface area contributed by atoms with Gasteiger partial charge in [0.25, 0.3) is 0 Å². The van der Waals surface area contributed by atoms with Crippen LogP contribution in [0.15, 0.2) is 165 Å². The summed E-state index contributed by atoms with van der Waals surface area (Å²) in [5, 5.41) is 3.76. The van der Waals surface area contributed by atoms with E-state index < -0.39 is 17.9 Å². The highest BCUT2D eigenvalue weighted by atomic mass is 16.6. The van der Waals surface area contributed by atoms with Crippen molar-refractivity contribution in [2.24, 2.45) is 35.5 Å². The number of esters is 6. The van der Waals surface area contributed by atoms with Crippen LogP contribution in [-0.4, -0.2) is 92.0 Å². The van der Waals surface area contributed by atoms with E-state index >= 15 is 0 Å². The van der Waals surface area contributed by atoms with E-state index in [4.69, 9.17) is 62.1 Å². The van der Waals surface area contributed by atoms with Crippen LogP contribution >= 0.6 is 0 Å². The molecule has 19 nitrogen and oxygen atoms in total. The van der Waals surface area contributed by atoms with Gasteiger partial charge in [-0.15, -0.1) is 0 Å². The van der Waals surface area contributed by atoms with Crippen molar-refractivity contribution < 1.29 is 80.9 Å². The van der Waals surface area contributed by atoms with Gasteiger partial charge in [0.15, 0.2) is 0 Å². The minimum absolute atomic E-state index is 0.207. The van der Waals surface area contributed by atoms with Gasteiger partial charge in [-0.25, -0.2) is 24.4 Å². The van der Waals surface area contributed by atoms with Gasteiger partial charge in [0, 0.05) is 35.1 Å². The van der Waals surface area contributed by atoms with E-state index in [1.54, 1.807) is 48.5 Å². The summed E-state index contributed by atoms with van der Waals surface area (Å²) >= 11 is 0. The van der Waals surface area contributed by atoms with E-state index in [1.807, 2.05) is 54.6 Å². The SMILES string of the molecule is C=CC(=O)OCCCCCCOc1ccc(OC(=O)C2CCC(COc3ccc4c5ccc(OCC6CCC(C(=O)Oc7ccc(OCCCCCCOC(=O)C=C)cc7)CC6)cc5c5nc6cc(OCC7CCC(C(=O)Oc8ccc(OC(=O)C=C)cc8)CC7)ccc6nc5c4c3)CC2)cc1. The Morgan fingerprint density at radius 3 is 1.00 bits per heavy atom. The zero-order valence-corrected chi connectivity index (χ0v) is 57.9. The van der Waals surface area contributed by atoms with Crippen molar-refractivity contribution in [2.75, 3.05) is 46.2 Å². The van der Waals surface area contributed by atoms with E-state index in [0.717, 1.165) is 123 Å². The molecular weight excluding hydrogens is 1300 g/mol. The molecule has 3 aliphatic carbocycles. The number of ether oxygens (including phenoxy) is 11. The molecule has 8 aromatic rings. The highest BCUT2D eigenvalue weighted by Crippen LogP contribution is 2.41. The standard InChI is InChI=1S/C83H90N2O17/c1-4-76(86)94-47-13-9-7-11-45-92-61-27-31-64(32-28-61)100-81(89)58-21-15-55(16-22-58)52-96-67-39-42-70-71-43-40-68(97-53-56-17-23-59(24-18-56)82(90)101-65-33-29-62(30-34-65)93-46-12-8-10-14-48-95-77(87)5-2)50-73(71)80-79(72(70)49-67)84-74-44-41-69(51-75(74)85-80)98-54-57-19-25-60(26-20-57)83(91)102-66-37-35-63(36-38-66)99-78(88)6-3/h4-6,27-44,49-51,55-60H,1-3,7-26,45-48,52-54H2. The van der Waals surface area contributed by atoms with Crippen LogP contribution in [0, 0.1) is 35.5 Å². The first-order valence-corrected chi connectivity index (χ1v) is 36.0. The third-order valence-electron chi connectivity index (χ3n) is 19.4. The molecule has 1 heterocycles. The monoisotopic (exact) mass is 1390 g/mol. The fraction of sp³-hybridized carbons (Fsp3) is 0.398. The van der Waals surface area contributed by atoms with E-state index in [0.29, 0.717) is 153 Å². The lowest BCUT2D eigenvalue weighted by atomic mass is 9.82. The molecule has 1 aromatic heterocycles. The second-order valence-electron chi connectivity index (χ2n) is 26.6. The van der Waals surface area contributed by atoms with Gasteiger partial charge in [-0.2, -0.15) is 0 Å². The molecule has 534 valence electrons. The second kappa shape index (κ2) is 36.9. The van der Waals surface area contributed by atoms with Crippen molar-refractivity contribution in [1.29, 1.82) is 0 Å². The van der Waals surface area contributed by atoms with Gasteiger partial charge < -0.3 is 52.1 Å². The lowest BCUT2D eigenvalue weighted by Gasteiger charge is -2.27. The maximum Gasteiger partial charge on any atom is 0.335 e. The summed E-state index contributed by atoms with van der Waals surface area (Å²) in [4.78, 5) is 84.7. The van der Waals surface area contributed by atoms with Crippen molar-refractivity contribution in [3.63, 3.8) is 0 Å². The van der Waals surface area contributed by atoms with Gasteiger partial charge in [0.1, 0.15) is 51.7 Å². The first-order valence-electron chi connectivity index (χ1n) is 36.0. The van der Waals surface area contributed by atoms with E-state index in [-0.39, 0.29) is 53.4 Å². The molecule has 3 aliphatic rings. The molecule has 0 unspecified atom stereocenters. The van der Waals surface area contributed by atoms with Gasteiger partial charge in [-0.05, 0) is 278 Å². The molecule has 102 heavy (non-hydrogen) atoms. The lowest BCUT2D eigenvalue weighted by molar-refractivity contribution is -0.141. The van der Waals surface area contributed by atoms with E-state index in [1.165, 1.54) is 12.2 Å². The normalized spacial score (nSPS) is 18.1. The van der Waals surface area contributed by atoms with Gasteiger partial charge in [0.2, 0.25) is 0 Å². The number of fused-ring (bicyclic) bond motifs is 7. The summed E-state index contributed by atoms with van der Waals surface area (Å²) in [5.74, 6) is 3.14. The maximum absolute atomic E-state index is 13.4. The topological polar surface area (TPSA) is 230 Å². The molecule has 0 atom stereocenters. The number of unbranched alkanes of at least 4 members (excludes halogenated alkanes) is 6. The smallest absolute Gasteiger partial charge is 0.335 e. The Labute approximate surface area is 594 Å². The maximum atomic E-state index is 13.4. The van der Waals surface area contributed by atoms with Crippen LogP contribution in [0.2, 0.25) is 0 Å². The van der Waals surface area contributed by atoms with Crippen LogP contribution < -0.4 is 42.6 Å². The molecule has 0 radical (unpaired) electrons. The average Bonchev–Trinajstić information content (AvgIpc) is 0.732. The van der Waals surface area contributed by atoms with Crippen LogP contribution in [0.25, 0.3) is 43.6 Å². The first kappa shape index (κ1) is 72.9. The number of rotatable bonds is 35. The number of carbonyl (C=O) groups is 6. The average molecular weight is 1390 g/mol. The summed E-state index contributed by atoms with van der Waals surface area (Å²) < 4.78 is 64.1. The van der Waals surface area contributed by atoms with Crippen molar-refractivity contribution in [1.82, 2.24) is 9.97 Å².